The lowest BCUT2D eigenvalue weighted by molar-refractivity contribution is -0.139. The summed E-state index contributed by atoms with van der Waals surface area (Å²) in [5.74, 6) is 0.520. The summed E-state index contributed by atoms with van der Waals surface area (Å²) in [6.07, 6.45) is 0. The van der Waals surface area contributed by atoms with Crippen LogP contribution in [0.2, 0.25) is 0 Å². The molecule has 1 heterocycles. The average Bonchev–Trinajstić information content (AvgIpc) is 2.74. The summed E-state index contributed by atoms with van der Waals surface area (Å²) in [6, 6.07) is 11.2. The Kier molecular flexibility index (Phi) is 8.37. The van der Waals surface area contributed by atoms with Crippen molar-refractivity contribution in [3.8, 4) is 5.75 Å². The van der Waals surface area contributed by atoms with E-state index in [0.717, 1.165) is 34.4 Å². The number of benzene rings is 2. The van der Waals surface area contributed by atoms with Crippen LogP contribution in [-0.4, -0.2) is 47.5 Å². The van der Waals surface area contributed by atoms with Crippen LogP contribution in [0.5, 0.6) is 5.75 Å². The zero-order valence-electron chi connectivity index (χ0n) is 22.4. The zero-order chi connectivity index (χ0) is 26.1. The first-order valence-corrected chi connectivity index (χ1v) is 13.2. The largest absolute Gasteiger partial charge is 0.482 e. The Labute approximate surface area is 219 Å². The number of piperazine rings is 1. The predicted octanol–water partition coefficient (Wildman–Crippen LogP) is 6.68. The molecule has 192 valence electrons. The van der Waals surface area contributed by atoms with Gasteiger partial charge in [-0.3, -0.25) is 9.69 Å². The van der Waals surface area contributed by atoms with Crippen molar-refractivity contribution >= 4 is 21.8 Å². The van der Waals surface area contributed by atoms with E-state index in [1.807, 2.05) is 17.0 Å². The van der Waals surface area contributed by atoms with Crippen molar-refractivity contribution in [3.63, 3.8) is 0 Å². The lowest BCUT2D eigenvalue weighted by Gasteiger charge is -2.44. The Morgan fingerprint density at radius 2 is 1.63 bits per heavy atom. The molecule has 2 aromatic carbocycles. The van der Waals surface area contributed by atoms with Gasteiger partial charge in [-0.2, -0.15) is 0 Å². The van der Waals surface area contributed by atoms with Crippen LogP contribution in [0.1, 0.15) is 72.1 Å². The van der Waals surface area contributed by atoms with Crippen molar-refractivity contribution in [2.75, 3.05) is 19.7 Å². The maximum atomic E-state index is 13.3. The van der Waals surface area contributed by atoms with Crippen LogP contribution >= 0.6 is 15.9 Å². The molecule has 2 atom stereocenters. The highest BCUT2D eigenvalue weighted by Crippen LogP contribution is 2.41. The molecule has 1 aliphatic heterocycles. The third-order valence-electron chi connectivity index (χ3n) is 6.79. The van der Waals surface area contributed by atoms with Crippen molar-refractivity contribution in [1.29, 1.82) is 0 Å². The van der Waals surface area contributed by atoms with Gasteiger partial charge in [-0.25, -0.2) is 4.39 Å². The van der Waals surface area contributed by atoms with E-state index in [0.29, 0.717) is 6.54 Å². The minimum Gasteiger partial charge on any atom is -0.482 e. The standard InChI is InChI=1S/C29H40BrFN2O2/c1-19-16-33(20(2)15-32(19)17-21-9-11-23(31)12-10-21)26(34)18-35-27-24(29(6,7)8)13-22(14-25(27)30)28(3,4)5/h9-14,19-20H,15-18H2,1-8H3/t19-,20+/m0/s1. The molecule has 0 bridgehead atoms. The van der Waals surface area contributed by atoms with Crippen molar-refractivity contribution in [2.24, 2.45) is 0 Å². The van der Waals surface area contributed by atoms with Gasteiger partial charge in [0.2, 0.25) is 0 Å². The number of hydrogen-bond acceptors (Lipinski definition) is 3. The Morgan fingerprint density at radius 1 is 1.00 bits per heavy atom. The van der Waals surface area contributed by atoms with E-state index >= 15 is 0 Å². The van der Waals surface area contributed by atoms with Crippen molar-refractivity contribution in [2.45, 2.75) is 84.8 Å². The second-order valence-electron chi connectivity index (χ2n) is 11.9. The fourth-order valence-electron chi connectivity index (χ4n) is 4.54. The maximum Gasteiger partial charge on any atom is 0.260 e. The first-order chi connectivity index (χ1) is 16.2. The number of ether oxygens (including phenoxy) is 1. The van der Waals surface area contributed by atoms with Crippen LogP contribution in [0.3, 0.4) is 0 Å². The number of halogens is 2. The lowest BCUT2D eigenvalue weighted by atomic mass is 9.80. The summed E-state index contributed by atoms with van der Waals surface area (Å²) >= 11 is 3.71. The average molecular weight is 548 g/mol. The Balaban J connectivity index is 1.70. The van der Waals surface area contributed by atoms with E-state index in [4.69, 9.17) is 4.74 Å². The highest BCUT2D eigenvalue weighted by molar-refractivity contribution is 9.10. The van der Waals surface area contributed by atoms with Crippen molar-refractivity contribution in [1.82, 2.24) is 9.80 Å². The van der Waals surface area contributed by atoms with Crippen LogP contribution in [0.4, 0.5) is 4.39 Å². The fraction of sp³-hybridized carbons (Fsp3) is 0.552. The minimum absolute atomic E-state index is 0.00237. The Hall–Kier alpha value is -1.92. The van der Waals surface area contributed by atoms with E-state index < -0.39 is 0 Å². The van der Waals surface area contributed by atoms with E-state index in [1.54, 1.807) is 0 Å². The van der Waals surface area contributed by atoms with Gasteiger partial charge < -0.3 is 9.64 Å². The molecule has 0 aliphatic carbocycles. The van der Waals surface area contributed by atoms with Gasteiger partial charge in [-0.1, -0.05) is 59.7 Å². The highest BCUT2D eigenvalue weighted by Gasteiger charge is 2.33. The topological polar surface area (TPSA) is 32.8 Å². The number of nitrogens with zero attached hydrogens (tertiary/aromatic N) is 2. The lowest BCUT2D eigenvalue weighted by Crippen LogP contribution is -2.58. The number of hydrogen-bond donors (Lipinski definition) is 0. The van der Waals surface area contributed by atoms with Gasteiger partial charge in [0, 0.05) is 37.3 Å². The van der Waals surface area contributed by atoms with Gasteiger partial charge in [-0.05, 0) is 69.9 Å². The van der Waals surface area contributed by atoms with Crippen LogP contribution in [0.15, 0.2) is 40.9 Å². The van der Waals surface area contributed by atoms with E-state index in [2.05, 4.69) is 88.4 Å². The molecule has 6 heteroatoms. The summed E-state index contributed by atoms with van der Waals surface area (Å²) in [5.41, 5.74) is 3.28. The van der Waals surface area contributed by atoms with Crippen LogP contribution < -0.4 is 4.74 Å². The second kappa shape index (κ2) is 10.6. The van der Waals surface area contributed by atoms with E-state index in [9.17, 15) is 9.18 Å². The molecule has 35 heavy (non-hydrogen) atoms. The van der Waals surface area contributed by atoms with Gasteiger partial charge in [0.1, 0.15) is 11.6 Å². The smallest absolute Gasteiger partial charge is 0.260 e. The third kappa shape index (κ3) is 6.85. The molecule has 2 aromatic rings. The quantitative estimate of drug-likeness (QED) is 0.419. The summed E-state index contributed by atoms with van der Waals surface area (Å²) in [7, 11) is 0. The normalized spacial score (nSPS) is 19.7. The number of rotatable bonds is 5. The number of carbonyl (C=O) groups excluding carboxylic acids is 1. The van der Waals surface area contributed by atoms with Crippen LogP contribution in [0, 0.1) is 5.82 Å². The van der Waals surface area contributed by atoms with Gasteiger partial charge in [-0.15, -0.1) is 0 Å². The Morgan fingerprint density at radius 3 is 2.20 bits per heavy atom. The van der Waals surface area contributed by atoms with Gasteiger partial charge >= 0.3 is 0 Å². The fourth-order valence-corrected chi connectivity index (χ4v) is 5.11. The van der Waals surface area contributed by atoms with Crippen molar-refractivity contribution < 1.29 is 13.9 Å². The molecule has 1 amide bonds. The molecule has 4 nitrogen and oxygen atoms in total. The van der Waals surface area contributed by atoms with E-state index in [1.165, 1.54) is 17.7 Å². The predicted molar refractivity (Wildman–Crippen MR) is 144 cm³/mol. The summed E-state index contributed by atoms with van der Waals surface area (Å²) in [6.45, 7) is 19.5. The minimum atomic E-state index is -0.222. The van der Waals surface area contributed by atoms with Gasteiger partial charge in [0.05, 0.1) is 4.47 Å². The van der Waals surface area contributed by atoms with E-state index in [-0.39, 0.29) is 41.2 Å². The summed E-state index contributed by atoms with van der Waals surface area (Å²) in [4.78, 5) is 17.5. The first-order valence-electron chi connectivity index (χ1n) is 12.4. The second-order valence-corrected chi connectivity index (χ2v) is 12.8. The monoisotopic (exact) mass is 546 g/mol. The van der Waals surface area contributed by atoms with Crippen molar-refractivity contribution in [3.05, 3.63) is 63.4 Å². The van der Waals surface area contributed by atoms with Gasteiger partial charge in [0.15, 0.2) is 6.61 Å². The molecule has 1 aliphatic rings. The van der Waals surface area contributed by atoms with Crippen LogP contribution in [-0.2, 0) is 22.2 Å². The molecular weight excluding hydrogens is 507 g/mol. The summed E-state index contributed by atoms with van der Waals surface area (Å²) < 4.78 is 20.3. The highest BCUT2D eigenvalue weighted by atomic mass is 79.9. The third-order valence-corrected chi connectivity index (χ3v) is 7.38. The Bertz CT molecular complexity index is 1040. The molecule has 1 fully saturated rings. The molecule has 0 N–H and O–H groups in total. The van der Waals surface area contributed by atoms with Gasteiger partial charge in [0.25, 0.3) is 5.91 Å². The zero-order valence-corrected chi connectivity index (χ0v) is 24.0. The van der Waals surface area contributed by atoms with Crippen LogP contribution in [0.25, 0.3) is 0 Å². The SMILES string of the molecule is C[C@@H]1CN(Cc2ccc(F)cc2)[C@@H](C)CN1C(=O)COc1c(Br)cc(C(C)(C)C)cc1C(C)(C)C. The molecule has 0 saturated carbocycles. The molecule has 3 rings (SSSR count). The molecule has 1 saturated heterocycles. The number of carbonyl (C=O) groups is 1. The number of amides is 1. The molecule has 0 aromatic heterocycles. The maximum absolute atomic E-state index is 13.3. The first kappa shape index (κ1) is 27.7. The molecular formula is C29H40BrFN2O2. The molecule has 0 spiro atoms. The molecule has 0 unspecified atom stereocenters. The molecule has 0 radical (unpaired) electrons. The summed E-state index contributed by atoms with van der Waals surface area (Å²) in [5, 5.41) is 0.